The number of nitrogens with one attached hydrogen (secondary N) is 2. The second-order valence-corrected chi connectivity index (χ2v) is 11.5. The van der Waals surface area contributed by atoms with E-state index < -0.39 is 10.0 Å². The Bertz CT molecular complexity index is 1510. The van der Waals surface area contributed by atoms with Crippen LogP contribution in [0.25, 0.3) is 0 Å². The summed E-state index contributed by atoms with van der Waals surface area (Å²) < 4.78 is 37.9. The van der Waals surface area contributed by atoms with Crippen molar-refractivity contribution in [3.63, 3.8) is 0 Å². The third-order valence-electron chi connectivity index (χ3n) is 5.71. The molecule has 0 spiro atoms. The molecule has 0 radical (unpaired) electrons. The Morgan fingerprint density at radius 1 is 1.08 bits per heavy atom. The highest BCUT2D eigenvalue weighted by Gasteiger charge is 2.42. The summed E-state index contributed by atoms with van der Waals surface area (Å²) in [6.07, 6.45) is 2.84. The molecule has 11 heteroatoms. The van der Waals surface area contributed by atoms with Gasteiger partial charge in [0.25, 0.3) is 0 Å². The van der Waals surface area contributed by atoms with Crippen molar-refractivity contribution in [2.75, 3.05) is 23.0 Å². The quantitative estimate of drug-likeness (QED) is 0.279. The summed E-state index contributed by atoms with van der Waals surface area (Å²) in [6, 6.07) is 24.2. The predicted octanol–water partition coefficient (Wildman–Crippen LogP) is 5.38. The van der Waals surface area contributed by atoms with Gasteiger partial charge >= 0.3 is 0 Å². The van der Waals surface area contributed by atoms with Crippen molar-refractivity contribution in [2.45, 2.75) is 22.1 Å². The van der Waals surface area contributed by atoms with E-state index in [1.165, 1.54) is 18.9 Å². The monoisotopic (exact) mass is 552 g/mol. The highest BCUT2D eigenvalue weighted by atomic mass is 32.2. The molecule has 2 aromatic carbocycles. The van der Waals surface area contributed by atoms with Gasteiger partial charge in [0.05, 0.1) is 30.8 Å². The van der Waals surface area contributed by atoms with Crippen molar-refractivity contribution >= 4 is 50.5 Å². The van der Waals surface area contributed by atoms with Gasteiger partial charge in [-0.3, -0.25) is 9.71 Å². The van der Waals surface area contributed by atoms with Crippen LogP contribution in [0.1, 0.15) is 23.5 Å². The summed E-state index contributed by atoms with van der Waals surface area (Å²) in [4.78, 5) is 7.58. The molecular formula is C26H24N4O4S3. The molecule has 4 aromatic rings. The molecular weight excluding hydrogens is 529 g/mol. The molecule has 1 saturated heterocycles. The second-order valence-electron chi connectivity index (χ2n) is 8.33. The number of anilines is 2. The minimum Gasteiger partial charge on any atom is -0.494 e. The number of furan rings is 1. The lowest BCUT2D eigenvalue weighted by atomic mass is 10.0. The van der Waals surface area contributed by atoms with E-state index in [4.69, 9.17) is 21.4 Å². The molecule has 5 rings (SSSR count). The number of benzene rings is 2. The molecule has 1 aliphatic rings. The fraction of sp³-hybridized carbons (Fsp3) is 0.154. The van der Waals surface area contributed by atoms with Crippen LogP contribution in [-0.4, -0.2) is 31.9 Å². The van der Waals surface area contributed by atoms with E-state index >= 15 is 0 Å². The summed E-state index contributed by atoms with van der Waals surface area (Å²) in [5.41, 5.74) is 1.86. The first kappa shape index (κ1) is 25.1. The van der Waals surface area contributed by atoms with E-state index in [9.17, 15) is 8.42 Å². The number of rotatable bonds is 8. The van der Waals surface area contributed by atoms with Crippen molar-refractivity contribution in [1.29, 1.82) is 0 Å². The van der Waals surface area contributed by atoms with Crippen LogP contribution < -0.4 is 19.7 Å². The highest BCUT2D eigenvalue weighted by Crippen LogP contribution is 2.44. The Kier molecular flexibility index (Phi) is 7.09. The number of sulfonamides is 1. The van der Waals surface area contributed by atoms with Gasteiger partial charge in [-0.25, -0.2) is 8.42 Å². The molecule has 0 unspecified atom stereocenters. The number of pyridine rings is 1. The van der Waals surface area contributed by atoms with Crippen molar-refractivity contribution in [1.82, 2.24) is 10.3 Å². The topological polar surface area (TPSA) is 96.7 Å². The first-order valence-corrected chi connectivity index (χ1v) is 14.4. The molecule has 0 bridgehead atoms. The molecule has 2 aromatic heterocycles. The van der Waals surface area contributed by atoms with Crippen LogP contribution in [0.4, 0.5) is 11.4 Å². The van der Waals surface area contributed by atoms with Gasteiger partial charge < -0.3 is 19.4 Å². The van der Waals surface area contributed by atoms with Crippen LogP contribution in [0.15, 0.2) is 99.5 Å². The Balaban J connectivity index is 1.55. The van der Waals surface area contributed by atoms with Crippen LogP contribution >= 0.6 is 24.0 Å². The van der Waals surface area contributed by atoms with Crippen LogP contribution in [-0.2, 0) is 10.0 Å². The van der Waals surface area contributed by atoms with Crippen LogP contribution in [0.3, 0.4) is 0 Å². The summed E-state index contributed by atoms with van der Waals surface area (Å²) in [6.45, 7) is 0. The lowest BCUT2D eigenvalue weighted by Gasteiger charge is -2.26. The zero-order chi connectivity index (χ0) is 26.0. The van der Waals surface area contributed by atoms with Gasteiger partial charge in [0.2, 0.25) is 10.0 Å². The zero-order valence-corrected chi connectivity index (χ0v) is 22.4. The van der Waals surface area contributed by atoms with E-state index in [0.717, 1.165) is 21.9 Å². The molecule has 190 valence electrons. The molecule has 0 saturated carbocycles. The number of ether oxygens (including phenoxy) is 1. The third kappa shape index (κ3) is 5.58. The van der Waals surface area contributed by atoms with Crippen molar-refractivity contribution in [3.05, 3.63) is 96.5 Å². The molecule has 8 nitrogen and oxygen atoms in total. The van der Waals surface area contributed by atoms with E-state index in [-0.39, 0.29) is 12.1 Å². The fourth-order valence-electron chi connectivity index (χ4n) is 4.19. The Labute approximate surface area is 225 Å². The Morgan fingerprint density at radius 3 is 2.57 bits per heavy atom. The van der Waals surface area contributed by atoms with E-state index in [1.54, 1.807) is 24.4 Å². The fourth-order valence-corrected chi connectivity index (χ4v) is 5.90. The number of hydrogen-bond acceptors (Lipinski definition) is 7. The predicted molar refractivity (Wildman–Crippen MR) is 149 cm³/mol. The average Bonchev–Trinajstić information content (AvgIpc) is 3.48. The normalized spacial score (nSPS) is 17.5. The maximum absolute atomic E-state index is 11.8. The lowest BCUT2D eigenvalue weighted by molar-refractivity contribution is 0.383. The van der Waals surface area contributed by atoms with Gasteiger partial charge in [-0.1, -0.05) is 36.0 Å². The second kappa shape index (κ2) is 10.4. The molecule has 3 heterocycles. The molecule has 2 atom stereocenters. The van der Waals surface area contributed by atoms with E-state index in [2.05, 4.69) is 15.0 Å². The SMILES string of the molecule is COc1cc(N2C(=S)N[C@@H](c3ccccn3)[C@@H]2c2ccc(Sc3ccccc3)o2)ccc1NS(C)(=O)=O. The number of nitrogens with zero attached hydrogens (tertiary/aromatic N) is 2. The average molecular weight is 553 g/mol. The van der Waals surface area contributed by atoms with Gasteiger partial charge in [-0.05, 0) is 60.7 Å². The summed E-state index contributed by atoms with van der Waals surface area (Å²) >= 11 is 7.31. The zero-order valence-electron chi connectivity index (χ0n) is 20.0. The number of hydrogen-bond donors (Lipinski definition) is 2. The van der Waals surface area contributed by atoms with Gasteiger partial charge in [0, 0.05) is 22.8 Å². The minimum absolute atomic E-state index is 0.283. The highest BCUT2D eigenvalue weighted by molar-refractivity contribution is 7.99. The minimum atomic E-state index is -3.48. The smallest absolute Gasteiger partial charge is 0.229 e. The Morgan fingerprint density at radius 2 is 1.86 bits per heavy atom. The molecule has 2 N–H and O–H groups in total. The number of thiocarbonyl (C=S) groups is 1. The lowest BCUT2D eigenvalue weighted by Crippen LogP contribution is -2.29. The van der Waals surface area contributed by atoms with Crippen LogP contribution in [0.2, 0.25) is 0 Å². The maximum Gasteiger partial charge on any atom is 0.229 e. The summed E-state index contributed by atoms with van der Waals surface area (Å²) in [7, 11) is -1.99. The van der Waals surface area contributed by atoms with Gasteiger partial charge in [0.15, 0.2) is 10.2 Å². The van der Waals surface area contributed by atoms with Crippen molar-refractivity contribution < 1.29 is 17.6 Å². The molecule has 1 fully saturated rings. The van der Waals surface area contributed by atoms with Crippen LogP contribution in [0, 0.1) is 0 Å². The molecule has 0 aliphatic carbocycles. The standard InChI is InChI=1S/C26H24N4O4S3/c1-33-22-16-17(11-12-19(22)29-37(2,31)32)30-25(24(28-26(30)35)20-10-6-7-15-27-20)21-13-14-23(34-21)36-18-8-4-3-5-9-18/h3-16,24-25,29H,1-2H3,(H,28,35)/t24-,25-/m0/s1. The van der Waals surface area contributed by atoms with Gasteiger partial charge in [-0.2, -0.15) is 0 Å². The summed E-state index contributed by atoms with van der Waals surface area (Å²) in [5, 5.41) is 4.63. The van der Waals surface area contributed by atoms with Gasteiger partial charge in [-0.15, -0.1) is 0 Å². The molecule has 1 aliphatic heterocycles. The molecule has 0 amide bonds. The largest absolute Gasteiger partial charge is 0.494 e. The summed E-state index contributed by atoms with van der Waals surface area (Å²) in [5.74, 6) is 1.07. The number of aromatic nitrogens is 1. The van der Waals surface area contributed by atoms with Crippen LogP contribution in [0.5, 0.6) is 5.75 Å². The van der Waals surface area contributed by atoms with Gasteiger partial charge in [0.1, 0.15) is 17.6 Å². The van der Waals surface area contributed by atoms with E-state index in [0.29, 0.717) is 28.0 Å². The van der Waals surface area contributed by atoms with E-state index in [1.807, 2.05) is 65.6 Å². The van der Waals surface area contributed by atoms with Crippen molar-refractivity contribution in [3.8, 4) is 5.75 Å². The number of methoxy groups -OCH3 is 1. The molecule has 37 heavy (non-hydrogen) atoms. The first-order chi connectivity index (χ1) is 17.8. The van der Waals surface area contributed by atoms with Crippen molar-refractivity contribution in [2.24, 2.45) is 0 Å². The first-order valence-electron chi connectivity index (χ1n) is 11.3. The third-order valence-corrected chi connectivity index (χ3v) is 7.55. The Hall–Kier alpha value is -3.54. The maximum atomic E-state index is 11.8.